The summed E-state index contributed by atoms with van der Waals surface area (Å²) in [5.41, 5.74) is 1.08. The van der Waals surface area contributed by atoms with Gasteiger partial charge in [0.2, 0.25) is 0 Å². The van der Waals surface area contributed by atoms with Crippen molar-refractivity contribution in [3.63, 3.8) is 0 Å². The van der Waals surface area contributed by atoms with E-state index in [0.29, 0.717) is 16.5 Å². The van der Waals surface area contributed by atoms with Gasteiger partial charge in [-0.2, -0.15) is 0 Å². The van der Waals surface area contributed by atoms with Gasteiger partial charge in [-0.1, -0.05) is 29.8 Å². The molecule has 0 amide bonds. The summed E-state index contributed by atoms with van der Waals surface area (Å²) in [4.78, 5) is 0. The quantitative estimate of drug-likeness (QED) is 0.885. The van der Waals surface area contributed by atoms with Crippen LogP contribution in [0, 0.1) is 5.82 Å². The van der Waals surface area contributed by atoms with Crippen molar-refractivity contribution < 1.29 is 14.2 Å². The van der Waals surface area contributed by atoms with E-state index in [9.17, 15) is 9.50 Å². The zero-order chi connectivity index (χ0) is 14.5. The number of rotatable bonds is 5. The van der Waals surface area contributed by atoms with Gasteiger partial charge in [0.1, 0.15) is 11.6 Å². The van der Waals surface area contributed by atoms with E-state index in [0.717, 1.165) is 5.56 Å². The second kappa shape index (κ2) is 6.59. The molecule has 0 radical (unpaired) electrons. The third-order valence-electron chi connectivity index (χ3n) is 2.96. The van der Waals surface area contributed by atoms with E-state index in [1.165, 1.54) is 13.2 Å². The van der Waals surface area contributed by atoms with Gasteiger partial charge in [-0.15, -0.1) is 0 Å². The number of benzene rings is 2. The molecule has 5 heteroatoms. The molecule has 0 saturated heterocycles. The van der Waals surface area contributed by atoms with Crippen molar-refractivity contribution in [1.82, 2.24) is 0 Å². The zero-order valence-corrected chi connectivity index (χ0v) is 11.7. The number of nitrogens with one attached hydrogen (secondary N) is 1. The van der Waals surface area contributed by atoms with Crippen LogP contribution in [0.5, 0.6) is 5.75 Å². The van der Waals surface area contributed by atoms with Crippen LogP contribution in [0.4, 0.5) is 10.1 Å². The van der Waals surface area contributed by atoms with Crippen LogP contribution in [0.1, 0.15) is 11.6 Å². The number of para-hydroxylation sites is 1. The molecule has 0 aromatic heterocycles. The first-order chi connectivity index (χ1) is 9.65. The van der Waals surface area contributed by atoms with Crippen molar-refractivity contribution in [3.8, 4) is 5.75 Å². The van der Waals surface area contributed by atoms with E-state index in [1.54, 1.807) is 36.4 Å². The Morgan fingerprint density at radius 1 is 1.30 bits per heavy atom. The monoisotopic (exact) mass is 295 g/mol. The Kier molecular flexibility index (Phi) is 4.82. The molecule has 1 unspecified atom stereocenters. The molecule has 0 spiro atoms. The summed E-state index contributed by atoms with van der Waals surface area (Å²) in [6, 6.07) is 11.0. The van der Waals surface area contributed by atoms with Gasteiger partial charge in [0.25, 0.3) is 0 Å². The number of aliphatic hydroxyl groups is 1. The fourth-order valence-corrected chi connectivity index (χ4v) is 2.17. The van der Waals surface area contributed by atoms with E-state index in [4.69, 9.17) is 16.3 Å². The van der Waals surface area contributed by atoms with Crippen LogP contribution in [0.2, 0.25) is 5.02 Å². The SMILES string of the molecule is COc1ccc(C(CO)Nc2ccccc2F)cc1Cl. The molecule has 2 aromatic rings. The normalized spacial score (nSPS) is 12.0. The smallest absolute Gasteiger partial charge is 0.146 e. The summed E-state index contributed by atoms with van der Waals surface area (Å²) < 4.78 is 18.7. The topological polar surface area (TPSA) is 41.5 Å². The van der Waals surface area contributed by atoms with E-state index < -0.39 is 6.04 Å². The maximum Gasteiger partial charge on any atom is 0.146 e. The minimum Gasteiger partial charge on any atom is -0.495 e. The standard InChI is InChI=1S/C15H15ClFNO2/c1-20-15-7-6-10(8-11(15)16)14(9-19)18-13-5-3-2-4-12(13)17/h2-8,14,18-19H,9H2,1H3. The Hall–Kier alpha value is -1.78. The predicted molar refractivity (Wildman–Crippen MR) is 77.9 cm³/mol. The number of hydrogen-bond acceptors (Lipinski definition) is 3. The highest BCUT2D eigenvalue weighted by Crippen LogP contribution is 2.29. The first-order valence-corrected chi connectivity index (χ1v) is 6.49. The van der Waals surface area contributed by atoms with Crippen molar-refractivity contribution in [2.75, 3.05) is 19.0 Å². The van der Waals surface area contributed by atoms with Crippen molar-refractivity contribution in [2.45, 2.75) is 6.04 Å². The summed E-state index contributed by atoms with van der Waals surface area (Å²) >= 11 is 6.06. The van der Waals surface area contributed by atoms with Gasteiger partial charge in [0.15, 0.2) is 0 Å². The van der Waals surface area contributed by atoms with Gasteiger partial charge in [-0.25, -0.2) is 4.39 Å². The zero-order valence-electron chi connectivity index (χ0n) is 10.9. The van der Waals surface area contributed by atoms with Crippen LogP contribution in [0.25, 0.3) is 0 Å². The first-order valence-electron chi connectivity index (χ1n) is 6.11. The van der Waals surface area contributed by atoms with Crippen LogP contribution < -0.4 is 10.1 Å². The minimum atomic E-state index is -0.449. The molecule has 0 aliphatic rings. The number of methoxy groups -OCH3 is 1. The highest BCUT2D eigenvalue weighted by atomic mass is 35.5. The first kappa shape index (κ1) is 14.6. The summed E-state index contributed by atoms with van der Waals surface area (Å²) in [6.45, 7) is -0.184. The molecule has 1 atom stereocenters. The predicted octanol–water partition coefficient (Wildman–Crippen LogP) is 3.63. The summed E-state index contributed by atoms with van der Waals surface area (Å²) in [5.74, 6) is 0.184. The van der Waals surface area contributed by atoms with Gasteiger partial charge >= 0.3 is 0 Å². The maximum absolute atomic E-state index is 13.6. The van der Waals surface area contributed by atoms with Gasteiger partial charge in [0, 0.05) is 0 Å². The van der Waals surface area contributed by atoms with E-state index in [1.807, 2.05) is 0 Å². The lowest BCUT2D eigenvalue weighted by Gasteiger charge is -2.19. The Morgan fingerprint density at radius 2 is 2.05 bits per heavy atom. The molecular weight excluding hydrogens is 281 g/mol. The van der Waals surface area contributed by atoms with Crippen LogP contribution in [-0.4, -0.2) is 18.8 Å². The molecule has 0 fully saturated rings. The lowest BCUT2D eigenvalue weighted by atomic mass is 10.1. The van der Waals surface area contributed by atoms with Crippen LogP contribution in [0.3, 0.4) is 0 Å². The van der Waals surface area contributed by atoms with Gasteiger partial charge in [-0.05, 0) is 29.8 Å². The molecule has 2 rings (SSSR count). The maximum atomic E-state index is 13.6. The Bertz CT molecular complexity index is 592. The second-order valence-corrected chi connectivity index (χ2v) is 4.66. The lowest BCUT2D eigenvalue weighted by Crippen LogP contribution is -2.15. The second-order valence-electron chi connectivity index (χ2n) is 4.25. The number of halogens is 2. The number of ether oxygens (including phenoxy) is 1. The van der Waals surface area contributed by atoms with Crippen molar-refractivity contribution >= 4 is 17.3 Å². The van der Waals surface area contributed by atoms with Gasteiger partial charge in [-0.3, -0.25) is 0 Å². The average Bonchev–Trinajstić information content (AvgIpc) is 2.46. The summed E-state index contributed by atoms with van der Waals surface area (Å²) in [7, 11) is 1.53. The van der Waals surface area contributed by atoms with E-state index in [-0.39, 0.29) is 12.4 Å². The number of hydrogen-bond donors (Lipinski definition) is 2. The van der Waals surface area contributed by atoms with Crippen molar-refractivity contribution in [2.24, 2.45) is 0 Å². The van der Waals surface area contributed by atoms with Crippen molar-refractivity contribution in [3.05, 3.63) is 58.9 Å². The van der Waals surface area contributed by atoms with Crippen LogP contribution in [0.15, 0.2) is 42.5 Å². The number of aliphatic hydroxyl groups excluding tert-OH is 1. The highest BCUT2D eigenvalue weighted by Gasteiger charge is 2.14. The van der Waals surface area contributed by atoms with Crippen molar-refractivity contribution in [1.29, 1.82) is 0 Å². The molecule has 20 heavy (non-hydrogen) atoms. The molecule has 2 N–H and O–H groups in total. The largest absolute Gasteiger partial charge is 0.495 e. The summed E-state index contributed by atoms with van der Waals surface area (Å²) in [6.07, 6.45) is 0. The fourth-order valence-electron chi connectivity index (χ4n) is 1.90. The molecule has 0 bridgehead atoms. The molecule has 0 saturated carbocycles. The molecule has 2 aromatic carbocycles. The third-order valence-corrected chi connectivity index (χ3v) is 3.26. The van der Waals surface area contributed by atoms with Gasteiger partial charge in [0.05, 0.1) is 30.5 Å². The fraction of sp³-hybridized carbons (Fsp3) is 0.200. The Morgan fingerprint density at radius 3 is 2.65 bits per heavy atom. The molecule has 0 aliphatic carbocycles. The summed E-state index contributed by atoms with van der Waals surface area (Å²) in [5, 5.41) is 12.9. The molecular formula is C15H15ClFNO2. The Balaban J connectivity index is 2.24. The van der Waals surface area contributed by atoms with Crippen LogP contribution >= 0.6 is 11.6 Å². The van der Waals surface area contributed by atoms with E-state index >= 15 is 0 Å². The van der Waals surface area contributed by atoms with E-state index in [2.05, 4.69) is 5.32 Å². The van der Waals surface area contributed by atoms with Gasteiger partial charge < -0.3 is 15.2 Å². The molecule has 106 valence electrons. The minimum absolute atomic E-state index is 0.184. The molecule has 3 nitrogen and oxygen atoms in total. The lowest BCUT2D eigenvalue weighted by molar-refractivity contribution is 0.276. The average molecular weight is 296 g/mol. The molecule has 0 heterocycles. The number of anilines is 1. The highest BCUT2D eigenvalue weighted by molar-refractivity contribution is 6.32. The Labute approximate surface area is 122 Å². The third kappa shape index (κ3) is 3.21. The molecule has 0 aliphatic heterocycles. The van der Waals surface area contributed by atoms with Crippen LogP contribution in [-0.2, 0) is 0 Å².